The molecule has 2 aromatic rings. The number of benzene rings is 1. The predicted octanol–water partition coefficient (Wildman–Crippen LogP) is 3.03. The molecule has 1 atom stereocenters. The Morgan fingerprint density at radius 3 is 2.72 bits per heavy atom. The van der Waals surface area contributed by atoms with E-state index in [1.54, 1.807) is 0 Å². The van der Waals surface area contributed by atoms with Crippen LogP contribution in [0.3, 0.4) is 0 Å². The van der Waals surface area contributed by atoms with Crippen LogP contribution in [-0.4, -0.2) is 34.0 Å². The normalized spacial score (nSPS) is 19.2. The number of hydrogen-bond donors (Lipinski definition) is 3. The van der Waals surface area contributed by atoms with E-state index >= 15 is 0 Å². The van der Waals surface area contributed by atoms with Crippen molar-refractivity contribution in [1.29, 1.82) is 0 Å². The lowest BCUT2D eigenvalue weighted by Crippen LogP contribution is -2.39. The summed E-state index contributed by atoms with van der Waals surface area (Å²) in [5.41, 5.74) is 4.34. The average Bonchev–Trinajstić information content (AvgIpc) is 2.96. The van der Waals surface area contributed by atoms with Crippen molar-refractivity contribution in [3.8, 4) is 0 Å². The number of carbonyl (C=O) groups excluding carboxylic acids is 2. The lowest BCUT2D eigenvalue weighted by atomic mass is 10.0. The molecule has 0 spiro atoms. The van der Waals surface area contributed by atoms with E-state index in [2.05, 4.69) is 20.6 Å². The number of urea groups is 1. The van der Waals surface area contributed by atoms with Gasteiger partial charge in [-0.05, 0) is 31.5 Å². The van der Waals surface area contributed by atoms with Crippen LogP contribution in [-0.2, 0) is 6.18 Å². The van der Waals surface area contributed by atoms with Crippen molar-refractivity contribution in [1.82, 2.24) is 15.3 Å². The molecule has 2 heterocycles. The first-order valence-electron chi connectivity index (χ1n) is 8.73. The summed E-state index contributed by atoms with van der Waals surface area (Å²) in [5, 5.41) is 5.17. The molecule has 1 aliphatic heterocycles. The highest BCUT2D eigenvalue weighted by Gasteiger charge is 2.39. The fraction of sp³-hybridized carbons (Fsp3) is 0.333. The molecule has 1 fully saturated rings. The summed E-state index contributed by atoms with van der Waals surface area (Å²) in [7, 11) is 0. The zero-order chi connectivity index (χ0) is 21.4. The van der Waals surface area contributed by atoms with Gasteiger partial charge in [0.25, 0.3) is 5.91 Å². The van der Waals surface area contributed by atoms with Gasteiger partial charge in [0, 0.05) is 11.9 Å². The van der Waals surface area contributed by atoms with E-state index in [1.165, 1.54) is 17.0 Å². The minimum atomic E-state index is -4.53. The maximum Gasteiger partial charge on any atom is 0.416 e. The molecule has 8 nitrogen and oxygen atoms in total. The van der Waals surface area contributed by atoms with Gasteiger partial charge in [-0.2, -0.15) is 18.2 Å². The van der Waals surface area contributed by atoms with Crippen LogP contribution in [0.1, 0.15) is 36.2 Å². The molecular weight excluding hydrogens is 389 g/mol. The van der Waals surface area contributed by atoms with E-state index < -0.39 is 23.2 Å². The molecule has 11 heteroatoms. The maximum absolute atomic E-state index is 12.8. The van der Waals surface area contributed by atoms with Gasteiger partial charge in [0.2, 0.25) is 5.95 Å². The Hall–Kier alpha value is -3.37. The summed E-state index contributed by atoms with van der Waals surface area (Å²) in [6.07, 6.45) is -2.70. The Morgan fingerprint density at radius 1 is 1.41 bits per heavy atom. The number of anilines is 3. The minimum absolute atomic E-state index is 0.0350. The third-order valence-electron chi connectivity index (χ3n) is 4.68. The highest BCUT2D eigenvalue weighted by molar-refractivity contribution is 6.07. The number of amides is 3. The van der Waals surface area contributed by atoms with Gasteiger partial charge in [0.15, 0.2) is 0 Å². The second kappa shape index (κ2) is 7.22. The fourth-order valence-electron chi connectivity index (χ4n) is 2.81. The zero-order valence-electron chi connectivity index (χ0n) is 15.7. The third-order valence-corrected chi connectivity index (χ3v) is 4.68. The molecule has 1 aromatic heterocycles. The summed E-state index contributed by atoms with van der Waals surface area (Å²) in [6.45, 7) is 4.14. The molecule has 0 saturated carbocycles. The Balaban J connectivity index is 1.79. The van der Waals surface area contributed by atoms with E-state index in [-0.39, 0.29) is 29.0 Å². The molecule has 3 amide bonds. The van der Waals surface area contributed by atoms with Crippen LogP contribution >= 0.6 is 0 Å². The summed E-state index contributed by atoms with van der Waals surface area (Å²) in [5.74, 6) is -0.928. The van der Waals surface area contributed by atoms with Crippen LogP contribution in [0, 0.1) is 0 Å². The van der Waals surface area contributed by atoms with Crippen LogP contribution in [0.4, 0.5) is 35.4 Å². The second-order valence-corrected chi connectivity index (χ2v) is 6.93. The topological polar surface area (TPSA) is 113 Å². The van der Waals surface area contributed by atoms with Crippen molar-refractivity contribution in [3.05, 3.63) is 41.6 Å². The molecule has 0 bridgehead atoms. The number of nitrogens with two attached hydrogens (primary N) is 1. The van der Waals surface area contributed by atoms with E-state index in [1.807, 2.05) is 13.8 Å². The standard InChI is InChI=1S/C18H19F3N6O2/c1-3-17(2)9-27(16(29)26-17)15-23-8-12(13(22)25-15)14(28)24-11-6-4-5-10(7-11)18(19,20)21/h4-8H,3,9H2,1-2H3,(H,24,28)(H,26,29)(H2,22,23,25). The van der Waals surface area contributed by atoms with Crippen molar-refractivity contribution in [2.45, 2.75) is 32.0 Å². The molecule has 154 valence electrons. The lowest BCUT2D eigenvalue weighted by Gasteiger charge is -2.20. The molecule has 1 aliphatic rings. The Morgan fingerprint density at radius 2 is 2.14 bits per heavy atom. The molecule has 4 N–H and O–H groups in total. The fourth-order valence-corrected chi connectivity index (χ4v) is 2.81. The SMILES string of the molecule is CCC1(C)CN(c2ncc(C(=O)Nc3cccc(C(F)(F)F)c3)c(N)n2)C(=O)N1. The first kappa shape index (κ1) is 20.4. The van der Waals surface area contributed by atoms with E-state index in [0.717, 1.165) is 18.3 Å². The first-order chi connectivity index (χ1) is 13.5. The van der Waals surface area contributed by atoms with Crippen molar-refractivity contribution >= 4 is 29.4 Å². The van der Waals surface area contributed by atoms with E-state index in [4.69, 9.17) is 5.73 Å². The van der Waals surface area contributed by atoms with Crippen molar-refractivity contribution in [3.63, 3.8) is 0 Å². The largest absolute Gasteiger partial charge is 0.416 e. The van der Waals surface area contributed by atoms with Crippen LogP contribution in [0.15, 0.2) is 30.5 Å². The molecule has 0 radical (unpaired) electrons. The number of nitrogens with one attached hydrogen (secondary N) is 2. The zero-order valence-corrected chi connectivity index (χ0v) is 15.7. The van der Waals surface area contributed by atoms with Crippen LogP contribution in [0.5, 0.6) is 0 Å². The summed E-state index contributed by atoms with van der Waals surface area (Å²) in [6, 6.07) is 3.82. The maximum atomic E-state index is 12.8. The summed E-state index contributed by atoms with van der Waals surface area (Å²) >= 11 is 0. The third kappa shape index (κ3) is 4.23. The van der Waals surface area contributed by atoms with Gasteiger partial charge in [-0.1, -0.05) is 13.0 Å². The first-order valence-corrected chi connectivity index (χ1v) is 8.73. The van der Waals surface area contributed by atoms with Crippen molar-refractivity contribution in [2.75, 3.05) is 22.5 Å². The van der Waals surface area contributed by atoms with Gasteiger partial charge in [0.1, 0.15) is 11.4 Å². The Kier molecular flexibility index (Phi) is 5.07. The average molecular weight is 408 g/mol. The van der Waals surface area contributed by atoms with Gasteiger partial charge < -0.3 is 16.4 Å². The van der Waals surface area contributed by atoms with Crippen LogP contribution in [0.25, 0.3) is 0 Å². The number of halogens is 3. The molecule has 29 heavy (non-hydrogen) atoms. The number of hydrogen-bond acceptors (Lipinski definition) is 5. The summed E-state index contributed by atoms with van der Waals surface area (Å²) < 4.78 is 38.4. The van der Waals surface area contributed by atoms with Crippen LogP contribution < -0.4 is 21.3 Å². The molecule has 0 aliphatic carbocycles. The summed E-state index contributed by atoms with van der Waals surface area (Å²) in [4.78, 5) is 33.9. The number of carbonyl (C=O) groups is 2. The smallest absolute Gasteiger partial charge is 0.383 e. The van der Waals surface area contributed by atoms with Crippen molar-refractivity contribution < 1.29 is 22.8 Å². The van der Waals surface area contributed by atoms with E-state index in [0.29, 0.717) is 13.0 Å². The second-order valence-electron chi connectivity index (χ2n) is 6.93. The monoisotopic (exact) mass is 408 g/mol. The predicted molar refractivity (Wildman–Crippen MR) is 100 cm³/mol. The minimum Gasteiger partial charge on any atom is -0.383 e. The van der Waals surface area contributed by atoms with Crippen molar-refractivity contribution in [2.24, 2.45) is 0 Å². The molecule has 3 rings (SSSR count). The number of nitrogens with zero attached hydrogens (tertiary/aromatic N) is 3. The quantitative estimate of drug-likeness (QED) is 0.720. The molecule has 1 unspecified atom stereocenters. The molecule has 1 saturated heterocycles. The Labute approximate surface area is 164 Å². The molecule has 1 aromatic carbocycles. The molecular formula is C18H19F3N6O2. The Bertz CT molecular complexity index is 965. The van der Waals surface area contributed by atoms with E-state index in [9.17, 15) is 22.8 Å². The highest BCUT2D eigenvalue weighted by atomic mass is 19.4. The van der Waals surface area contributed by atoms with Gasteiger partial charge in [0.05, 0.1) is 17.6 Å². The number of rotatable bonds is 4. The van der Waals surface area contributed by atoms with Gasteiger partial charge in [-0.3, -0.25) is 9.69 Å². The number of nitrogen functional groups attached to an aromatic ring is 1. The number of aromatic nitrogens is 2. The number of alkyl halides is 3. The van der Waals surface area contributed by atoms with Gasteiger partial charge in [-0.15, -0.1) is 0 Å². The lowest BCUT2D eigenvalue weighted by molar-refractivity contribution is -0.137. The van der Waals surface area contributed by atoms with Crippen LogP contribution in [0.2, 0.25) is 0 Å². The van der Waals surface area contributed by atoms with Gasteiger partial charge >= 0.3 is 12.2 Å². The highest BCUT2D eigenvalue weighted by Crippen LogP contribution is 2.31. The van der Waals surface area contributed by atoms with Gasteiger partial charge in [-0.25, -0.2) is 9.78 Å².